The summed E-state index contributed by atoms with van der Waals surface area (Å²) in [6.45, 7) is 0. The summed E-state index contributed by atoms with van der Waals surface area (Å²) in [6, 6.07) is 6.20. The number of hydrogen-bond donors (Lipinski definition) is 1. The van der Waals surface area contributed by atoms with E-state index in [4.69, 9.17) is 5.11 Å². The van der Waals surface area contributed by atoms with Gasteiger partial charge in [0.1, 0.15) is 5.75 Å². The van der Waals surface area contributed by atoms with Crippen molar-refractivity contribution < 1.29 is 13.9 Å². The predicted octanol–water partition coefficient (Wildman–Crippen LogP) is 3.47. The fourth-order valence-corrected chi connectivity index (χ4v) is 2.43. The van der Waals surface area contributed by atoms with E-state index >= 15 is 0 Å². The Balaban J connectivity index is 2.36. The highest BCUT2D eigenvalue weighted by Crippen LogP contribution is 2.45. The normalized spacial score (nSPS) is 19.7. The van der Waals surface area contributed by atoms with Gasteiger partial charge in [-0.15, -0.1) is 0 Å². The second kappa shape index (κ2) is 3.80. The zero-order chi connectivity index (χ0) is 10.9. The van der Waals surface area contributed by atoms with Gasteiger partial charge in [0.2, 0.25) is 6.43 Å². The summed E-state index contributed by atoms with van der Waals surface area (Å²) < 4.78 is 26.2. The lowest BCUT2D eigenvalue weighted by Crippen LogP contribution is -2.30. The molecule has 0 amide bonds. The molecule has 0 spiro atoms. The summed E-state index contributed by atoms with van der Waals surface area (Å²) in [5, 5.41) is 9.13. The number of alkyl halides is 2. The quantitative estimate of drug-likeness (QED) is 0.795. The summed E-state index contributed by atoms with van der Waals surface area (Å²) in [7, 11) is 0. The molecular weight excluding hydrogens is 198 g/mol. The molecule has 3 heteroatoms. The Morgan fingerprint density at radius 1 is 1.07 bits per heavy atom. The molecule has 0 saturated heterocycles. The lowest BCUT2D eigenvalue weighted by atomic mass is 9.79. The number of phenolic OH excluding ortho intramolecular Hbond substituents is 1. The van der Waals surface area contributed by atoms with Crippen LogP contribution in [0.15, 0.2) is 24.3 Å². The zero-order valence-electron chi connectivity index (χ0n) is 8.42. The third kappa shape index (κ3) is 1.71. The molecule has 0 radical (unpaired) electrons. The van der Waals surface area contributed by atoms with Gasteiger partial charge in [-0.1, -0.05) is 25.0 Å². The Kier molecular flexibility index (Phi) is 2.63. The van der Waals surface area contributed by atoms with E-state index in [2.05, 4.69) is 0 Å². The maximum Gasteiger partial charge on any atom is 0.248 e. The molecule has 0 heterocycles. The van der Waals surface area contributed by atoms with Crippen molar-refractivity contribution in [2.75, 3.05) is 0 Å². The lowest BCUT2D eigenvalue weighted by molar-refractivity contribution is 0.0521. The third-order valence-electron chi connectivity index (χ3n) is 3.36. The van der Waals surface area contributed by atoms with Gasteiger partial charge >= 0.3 is 0 Å². The van der Waals surface area contributed by atoms with Crippen molar-refractivity contribution in [2.45, 2.75) is 37.5 Å². The molecule has 1 aromatic carbocycles. The molecule has 0 aliphatic heterocycles. The summed E-state index contributed by atoms with van der Waals surface area (Å²) in [4.78, 5) is 0. The predicted molar refractivity (Wildman–Crippen MR) is 54.3 cm³/mol. The summed E-state index contributed by atoms with van der Waals surface area (Å²) in [5.74, 6) is 0.126. The van der Waals surface area contributed by atoms with Crippen molar-refractivity contribution in [3.05, 3.63) is 29.8 Å². The average molecular weight is 212 g/mol. The number of phenols is 1. The summed E-state index contributed by atoms with van der Waals surface area (Å²) in [6.07, 6.45) is 0.519. The van der Waals surface area contributed by atoms with Crippen LogP contribution in [0.2, 0.25) is 0 Å². The molecule has 1 saturated carbocycles. The molecule has 0 aromatic heterocycles. The van der Waals surface area contributed by atoms with Crippen LogP contribution in [0.25, 0.3) is 0 Å². The Morgan fingerprint density at radius 3 is 2.07 bits per heavy atom. The minimum absolute atomic E-state index is 0.126. The van der Waals surface area contributed by atoms with Crippen LogP contribution in [0.5, 0.6) is 5.75 Å². The summed E-state index contributed by atoms with van der Waals surface area (Å²) >= 11 is 0. The van der Waals surface area contributed by atoms with E-state index in [0.29, 0.717) is 18.4 Å². The van der Waals surface area contributed by atoms with Crippen LogP contribution in [0.4, 0.5) is 8.78 Å². The largest absolute Gasteiger partial charge is 0.508 e. The highest BCUT2D eigenvalue weighted by atomic mass is 19.3. The van der Waals surface area contributed by atoms with Gasteiger partial charge in [0.15, 0.2) is 0 Å². The number of rotatable bonds is 2. The topological polar surface area (TPSA) is 20.2 Å². The molecule has 1 N–H and O–H groups in total. The van der Waals surface area contributed by atoms with Crippen molar-refractivity contribution in [1.82, 2.24) is 0 Å². The van der Waals surface area contributed by atoms with Crippen LogP contribution in [-0.4, -0.2) is 11.5 Å². The van der Waals surface area contributed by atoms with Gasteiger partial charge in [-0.25, -0.2) is 8.78 Å². The molecule has 0 bridgehead atoms. The molecule has 1 aromatic rings. The lowest BCUT2D eigenvalue weighted by Gasteiger charge is -2.28. The average Bonchev–Trinajstić information content (AvgIpc) is 2.69. The van der Waals surface area contributed by atoms with Crippen LogP contribution >= 0.6 is 0 Å². The van der Waals surface area contributed by atoms with E-state index in [1.54, 1.807) is 12.1 Å². The van der Waals surface area contributed by atoms with Crippen LogP contribution in [0, 0.1) is 0 Å². The molecule has 1 fully saturated rings. The van der Waals surface area contributed by atoms with Crippen molar-refractivity contribution in [3.8, 4) is 5.75 Å². The maximum atomic E-state index is 13.1. The standard InChI is InChI=1S/C12H14F2O/c13-11(14)12(7-1-2-8-12)9-3-5-10(15)6-4-9/h3-6,11,15H,1-2,7-8H2. The van der Waals surface area contributed by atoms with E-state index < -0.39 is 11.8 Å². The van der Waals surface area contributed by atoms with Gasteiger partial charge in [0.05, 0.1) is 5.41 Å². The van der Waals surface area contributed by atoms with E-state index in [-0.39, 0.29) is 5.75 Å². The van der Waals surface area contributed by atoms with Crippen LogP contribution < -0.4 is 0 Å². The third-order valence-corrected chi connectivity index (χ3v) is 3.36. The number of hydrogen-bond acceptors (Lipinski definition) is 1. The molecular formula is C12H14F2O. The monoisotopic (exact) mass is 212 g/mol. The second-order valence-corrected chi connectivity index (χ2v) is 4.21. The van der Waals surface area contributed by atoms with Crippen LogP contribution in [-0.2, 0) is 5.41 Å². The molecule has 1 aliphatic rings. The molecule has 0 unspecified atom stereocenters. The van der Waals surface area contributed by atoms with E-state index in [9.17, 15) is 8.78 Å². The van der Waals surface area contributed by atoms with Crippen LogP contribution in [0.1, 0.15) is 31.2 Å². The summed E-state index contributed by atoms with van der Waals surface area (Å²) in [5.41, 5.74) is -0.305. The number of halogens is 2. The van der Waals surface area contributed by atoms with Gasteiger partial charge in [0, 0.05) is 0 Å². The van der Waals surface area contributed by atoms with Crippen molar-refractivity contribution in [3.63, 3.8) is 0 Å². The first kappa shape index (κ1) is 10.4. The van der Waals surface area contributed by atoms with E-state index in [1.165, 1.54) is 12.1 Å². The molecule has 82 valence electrons. The SMILES string of the molecule is Oc1ccc(C2(C(F)F)CCCC2)cc1. The molecule has 1 aliphatic carbocycles. The Hall–Kier alpha value is -1.12. The van der Waals surface area contributed by atoms with E-state index in [1.807, 2.05) is 0 Å². The van der Waals surface area contributed by atoms with Gasteiger partial charge in [-0.3, -0.25) is 0 Å². The highest BCUT2D eigenvalue weighted by molar-refractivity contribution is 5.33. The molecule has 2 rings (SSSR count). The van der Waals surface area contributed by atoms with Crippen molar-refractivity contribution in [1.29, 1.82) is 0 Å². The maximum absolute atomic E-state index is 13.1. The first-order chi connectivity index (χ1) is 7.15. The van der Waals surface area contributed by atoms with Crippen molar-refractivity contribution >= 4 is 0 Å². The minimum Gasteiger partial charge on any atom is -0.508 e. The Bertz CT molecular complexity index is 326. The Morgan fingerprint density at radius 2 is 1.60 bits per heavy atom. The molecule has 1 nitrogen and oxygen atoms in total. The minimum atomic E-state index is -2.32. The van der Waals surface area contributed by atoms with Gasteiger partial charge < -0.3 is 5.11 Å². The number of benzene rings is 1. The first-order valence-corrected chi connectivity index (χ1v) is 5.23. The Labute approximate surface area is 87.7 Å². The van der Waals surface area contributed by atoms with Crippen LogP contribution in [0.3, 0.4) is 0 Å². The highest BCUT2D eigenvalue weighted by Gasteiger charge is 2.43. The molecule has 15 heavy (non-hydrogen) atoms. The van der Waals surface area contributed by atoms with Gasteiger partial charge in [0.25, 0.3) is 0 Å². The first-order valence-electron chi connectivity index (χ1n) is 5.23. The van der Waals surface area contributed by atoms with Gasteiger partial charge in [-0.05, 0) is 30.5 Å². The number of aromatic hydroxyl groups is 1. The smallest absolute Gasteiger partial charge is 0.248 e. The van der Waals surface area contributed by atoms with E-state index in [0.717, 1.165) is 12.8 Å². The van der Waals surface area contributed by atoms with Crippen molar-refractivity contribution in [2.24, 2.45) is 0 Å². The second-order valence-electron chi connectivity index (χ2n) is 4.21. The fraction of sp³-hybridized carbons (Fsp3) is 0.500. The molecule has 0 atom stereocenters. The fourth-order valence-electron chi connectivity index (χ4n) is 2.43. The van der Waals surface area contributed by atoms with Gasteiger partial charge in [-0.2, -0.15) is 0 Å². The zero-order valence-corrected chi connectivity index (χ0v) is 8.42.